The molecule has 134 valence electrons. The minimum Gasteiger partial charge on any atom is -0.466 e. The number of rotatable bonds is 3. The maximum absolute atomic E-state index is 12.7. The molecular weight excluding hydrogens is 336 g/mol. The van der Waals surface area contributed by atoms with Crippen LogP contribution in [0.15, 0.2) is 42.5 Å². The van der Waals surface area contributed by atoms with Crippen molar-refractivity contribution < 1.29 is 23.9 Å². The molecule has 0 spiro atoms. The van der Waals surface area contributed by atoms with Gasteiger partial charge in [0.1, 0.15) is 5.75 Å². The summed E-state index contributed by atoms with van der Waals surface area (Å²) in [6.07, 6.45) is 0. The van der Waals surface area contributed by atoms with Crippen LogP contribution in [0.3, 0.4) is 0 Å². The van der Waals surface area contributed by atoms with Crippen LogP contribution >= 0.6 is 0 Å². The van der Waals surface area contributed by atoms with E-state index < -0.39 is 23.4 Å². The zero-order valence-corrected chi connectivity index (χ0v) is 14.6. The molecule has 1 atom stereocenters. The first-order valence-corrected chi connectivity index (χ1v) is 7.94. The third kappa shape index (κ3) is 3.11. The molecule has 7 heteroatoms. The lowest BCUT2D eigenvalue weighted by Crippen LogP contribution is -2.56. The molecule has 0 aromatic heterocycles. The average Bonchev–Trinajstić information content (AvgIpc) is 2.63. The number of amides is 2. The molecule has 0 saturated carbocycles. The van der Waals surface area contributed by atoms with Crippen LogP contribution in [0.25, 0.3) is 0 Å². The second-order valence-electron chi connectivity index (χ2n) is 6.11. The van der Waals surface area contributed by atoms with Crippen molar-refractivity contribution in [2.45, 2.75) is 19.4 Å². The van der Waals surface area contributed by atoms with Crippen LogP contribution in [-0.4, -0.2) is 30.5 Å². The largest absolute Gasteiger partial charge is 0.466 e. The van der Waals surface area contributed by atoms with Crippen molar-refractivity contribution in [1.29, 1.82) is 0 Å². The van der Waals surface area contributed by atoms with E-state index in [1.165, 1.54) is 26.2 Å². The maximum atomic E-state index is 12.7. The zero-order valence-electron chi connectivity index (χ0n) is 14.6. The molecule has 0 radical (unpaired) electrons. The van der Waals surface area contributed by atoms with Gasteiger partial charge in [-0.15, -0.1) is 0 Å². The topological polar surface area (TPSA) is 93.7 Å². The van der Waals surface area contributed by atoms with E-state index in [4.69, 9.17) is 4.74 Å². The summed E-state index contributed by atoms with van der Waals surface area (Å²) in [7, 11) is 1.29. The van der Waals surface area contributed by atoms with E-state index in [1.54, 1.807) is 24.3 Å². The Bertz CT molecular complexity index is 891. The second kappa shape index (κ2) is 6.51. The van der Waals surface area contributed by atoms with Gasteiger partial charge in [0.25, 0.3) is 17.4 Å². The maximum Gasteiger partial charge on any atom is 0.337 e. The lowest BCUT2D eigenvalue weighted by Gasteiger charge is -2.33. The first kappa shape index (κ1) is 17.5. The van der Waals surface area contributed by atoms with Crippen molar-refractivity contribution in [2.75, 3.05) is 17.7 Å². The van der Waals surface area contributed by atoms with Gasteiger partial charge in [0.15, 0.2) is 0 Å². The molecule has 0 fully saturated rings. The van der Waals surface area contributed by atoms with Crippen LogP contribution in [0, 0.1) is 6.92 Å². The minimum absolute atomic E-state index is 0.354. The summed E-state index contributed by atoms with van der Waals surface area (Å²) >= 11 is 0. The van der Waals surface area contributed by atoms with E-state index in [9.17, 15) is 14.4 Å². The van der Waals surface area contributed by atoms with Crippen LogP contribution in [0.2, 0.25) is 0 Å². The highest BCUT2D eigenvalue weighted by Gasteiger charge is 2.47. The molecule has 1 unspecified atom stereocenters. The lowest BCUT2D eigenvalue weighted by atomic mass is 10.0. The van der Waals surface area contributed by atoms with Crippen molar-refractivity contribution in [1.82, 2.24) is 0 Å². The number of hydrogen-bond donors (Lipinski definition) is 2. The summed E-state index contributed by atoms with van der Waals surface area (Å²) in [5.41, 5.74) is 0.556. The van der Waals surface area contributed by atoms with Gasteiger partial charge < -0.3 is 20.1 Å². The molecule has 1 aliphatic heterocycles. The third-order valence-corrected chi connectivity index (χ3v) is 4.13. The smallest absolute Gasteiger partial charge is 0.337 e. The number of aryl methyl sites for hydroxylation is 1. The van der Waals surface area contributed by atoms with E-state index >= 15 is 0 Å². The highest BCUT2D eigenvalue weighted by Crippen LogP contribution is 2.34. The van der Waals surface area contributed by atoms with Crippen LogP contribution < -0.4 is 15.4 Å². The number of benzene rings is 2. The summed E-state index contributed by atoms with van der Waals surface area (Å²) in [4.78, 5) is 36.6. The number of carbonyl (C=O) groups is 3. The highest BCUT2D eigenvalue weighted by molar-refractivity contribution is 6.19. The summed E-state index contributed by atoms with van der Waals surface area (Å²) in [6.45, 7) is 3.30. The molecule has 3 rings (SSSR count). The Labute approximate surface area is 150 Å². The number of methoxy groups -OCH3 is 1. The fourth-order valence-corrected chi connectivity index (χ4v) is 2.55. The van der Waals surface area contributed by atoms with Gasteiger partial charge in [-0.25, -0.2) is 4.79 Å². The molecule has 2 aromatic rings. The fraction of sp³-hybridized carbons (Fsp3) is 0.211. The van der Waals surface area contributed by atoms with E-state index in [-0.39, 0.29) is 0 Å². The second-order valence-corrected chi connectivity index (χ2v) is 6.11. The van der Waals surface area contributed by atoms with E-state index in [0.717, 1.165) is 5.56 Å². The van der Waals surface area contributed by atoms with Crippen molar-refractivity contribution in [3.05, 3.63) is 53.6 Å². The first-order chi connectivity index (χ1) is 12.3. The summed E-state index contributed by atoms with van der Waals surface area (Å²) in [5.74, 6) is -1.23. The highest BCUT2D eigenvalue weighted by atomic mass is 16.5. The van der Waals surface area contributed by atoms with Gasteiger partial charge >= 0.3 is 5.97 Å². The Kier molecular flexibility index (Phi) is 4.38. The monoisotopic (exact) mass is 354 g/mol. The lowest BCUT2D eigenvalue weighted by molar-refractivity contribution is -0.143. The Morgan fingerprint density at radius 2 is 1.85 bits per heavy atom. The molecule has 0 saturated heterocycles. The van der Waals surface area contributed by atoms with Gasteiger partial charge in [0.2, 0.25) is 0 Å². The zero-order chi connectivity index (χ0) is 18.9. The molecule has 2 amide bonds. The van der Waals surface area contributed by atoms with E-state index in [2.05, 4.69) is 15.4 Å². The Balaban J connectivity index is 1.79. The molecular formula is C19H18N2O5. The Morgan fingerprint density at radius 3 is 2.50 bits per heavy atom. The molecule has 2 N–H and O–H groups in total. The molecule has 2 aromatic carbocycles. The summed E-state index contributed by atoms with van der Waals surface area (Å²) < 4.78 is 10.3. The number of carbonyl (C=O) groups excluding carboxylic acids is 3. The van der Waals surface area contributed by atoms with E-state index in [1.807, 2.05) is 13.0 Å². The summed E-state index contributed by atoms with van der Waals surface area (Å²) in [6, 6.07) is 11.4. The number of hydrogen-bond acceptors (Lipinski definition) is 5. The van der Waals surface area contributed by atoms with Crippen LogP contribution in [0.5, 0.6) is 5.75 Å². The molecule has 7 nitrogen and oxygen atoms in total. The average molecular weight is 354 g/mol. The third-order valence-electron chi connectivity index (χ3n) is 4.13. The number of nitrogens with one attached hydrogen (secondary N) is 2. The quantitative estimate of drug-likeness (QED) is 0.652. The van der Waals surface area contributed by atoms with E-state index in [0.29, 0.717) is 22.7 Å². The number of esters is 1. The first-order valence-electron chi connectivity index (χ1n) is 7.94. The SMILES string of the molecule is COC(=O)c1ccc(NC(=O)C2(C)Oc3ccc(C)cc3NC2=O)cc1. The van der Waals surface area contributed by atoms with Crippen LogP contribution in [0.1, 0.15) is 22.8 Å². The van der Waals surface area contributed by atoms with Crippen LogP contribution in [-0.2, 0) is 14.3 Å². The molecule has 1 heterocycles. The molecule has 0 bridgehead atoms. The predicted molar refractivity (Wildman–Crippen MR) is 95.3 cm³/mol. The van der Waals surface area contributed by atoms with Gasteiger partial charge in [0.05, 0.1) is 18.4 Å². The Morgan fingerprint density at radius 1 is 1.15 bits per heavy atom. The van der Waals surface area contributed by atoms with Gasteiger partial charge in [-0.2, -0.15) is 0 Å². The molecule has 26 heavy (non-hydrogen) atoms. The normalized spacial score (nSPS) is 18.2. The van der Waals surface area contributed by atoms with Crippen molar-refractivity contribution in [3.63, 3.8) is 0 Å². The van der Waals surface area contributed by atoms with Gasteiger partial charge in [-0.1, -0.05) is 6.07 Å². The number of anilines is 2. The van der Waals surface area contributed by atoms with Gasteiger partial charge in [-0.3, -0.25) is 9.59 Å². The van der Waals surface area contributed by atoms with Crippen LogP contribution in [0.4, 0.5) is 11.4 Å². The van der Waals surface area contributed by atoms with Crippen molar-refractivity contribution >= 4 is 29.2 Å². The van der Waals surface area contributed by atoms with Gasteiger partial charge in [-0.05, 0) is 55.8 Å². The van der Waals surface area contributed by atoms with Crippen molar-refractivity contribution in [2.24, 2.45) is 0 Å². The predicted octanol–water partition coefficient (Wildman–Crippen LogP) is 2.51. The molecule has 0 aliphatic carbocycles. The Hall–Kier alpha value is -3.35. The van der Waals surface area contributed by atoms with Gasteiger partial charge in [0, 0.05) is 5.69 Å². The summed E-state index contributed by atoms with van der Waals surface area (Å²) in [5, 5.41) is 5.34. The number of fused-ring (bicyclic) bond motifs is 1. The van der Waals surface area contributed by atoms with Crippen molar-refractivity contribution in [3.8, 4) is 5.75 Å². The minimum atomic E-state index is -1.72. The standard InChI is InChI=1S/C19H18N2O5/c1-11-4-9-15-14(10-11)21-18(24)19(2,26-15)17(23)20-13-7-5-12(6-8-13)16(22)25-3/h4-10H,1-3H3,(H,20,23)(H,21,24). The number of ether oxygens (including phenoxy) is 2. The molecule has 1 aliphatic rings. The fourth-order valence-electron chi connectivity index (χ4n) is 2.55.